The highest BCUT2D eigenvalue weighted by Gasteiger charge is 2.21. The number of hydrogen-bond donors (Lipinski definition) is 2. The molecule has 0 bridgehead atoms. The standard InChI is InChI=1S/C23H27N5O4S/c1-3-28(4-2)33(31,32)21-11-9-19(10-12-21)23(30)24-16-18-7-5-8-20(15-18)26-22(29)17-27-14-6-13-25-27/h5-15H,3-4,16-17H2,1-2H3,(H,24,30)(H,26,29). The van der Waals surface area contributed by atoms with Crippen LogP contribution in [0.1, 0.15) is 29.8 Å². The highest BCUT2D eigenvalue weighted by atomic mass is 32.2. The van der Waals surface area contributed by atoms with Gasteiger partial charge in [0.15, 0.2) is 0 Å². The molecule has 3 aromatic rings. The van der Waals surface area contributed by atoms with Gasteiger partial charge in [0.05, 0.1) is 4.90 Å². The number of anilines is 1. The second-order valence-corrected chi connectivity index (χ2v) is 9.19. The number of aromatic nitrogens is 2. The summed E-state index contributed by atoms with van der Waals surface area (Å²) in [4.78, 5) is 24.8. The van der Waals surface area contributed by atoms with E-state index >= 15 is 0 Å². The van der Waals surface area contributed by atoms with Crippen LogP contribution in [0.3, 0.4) is 0 Å². The fourth-order valence-electron chi connectivity index (χ4n) is 3.28. The Hall–Kier alpha value is -3.50. The van der Waals surface area contributed by atoms with Crippen molar-refractivity contribution < 1.29 is 18.0 Å². The van der Waals surface area contributed by atoms with Gasteiger partial charge in [-0.05, 0) is 48.0 Å². The molecule has 174 valence electrons. The summed E-state index contributed by atoms with van der Waals surface area (Å²) in [6.07, 6.45) is 3.31. The maximum Gasteiger partial charge on any atom is 0.251 e. The molecule has 33 heavy (non-hydrogen) atoms. The zero-order chi connectivity index (χ0) is 23.8. The van der Waals surface area contributed by atoms with E-state index in [0.29, 0.717) is 24.3 Å². The summed E-state index contributed by atoms with van der Waals surface area (Å²) in [5.74, 6) is -0.533. The summed E-state index contributed by atoms with van der Waals surface area (Å²) in [5, 5.41) is 9.62. The van der Waals surface area contributed by atoms with Gasteiger partial charge in [-0.15, -0.1) is 0 Å². The molecule has 10 heteroatoms. The van der Waals surface area contributed by atoms with E-state index in [2.05, 4.69) is 15.7 Å². The monoisotopic (exact) mass is 469 g/mol. The van der Waals surface area contributed by atoms with Crippen molar-refractivity contribution in [1.82, 2.24) is 19.4 Å². The van der Waals surface area contributed by atoms with Crippen molar-refractivity contribution in [3.05, 3.63) is 78.1 Å². The zero-order valence-corrected chi connectivity index (χ0v) is 19.4. The van der Waals surface area contributed by atoms with E-state index in [-0.39, 0.29) is 29.8 Å². The van der Waals surface area contributed by atoms with E-state index in [0.717, 1.165) is 5.56 Å². The molecule has 1 heterocycles. The predicted molar refractivity (Wildman–Crippen MR) is 125 cm³/mol. The molecule has 0 fully saturated rings. The van der Waals surface area contributed by atoms with Crippen LogP contribution in [0.2, 0.25) is 0 Å². The SMILES string of the molecule is CCN(CC)S(=O)(=O)c1ccc(C(=O)NCc2cccc(NC(=O)Cn3cccn3)c2)cc1. The van der Waals surface area contributed by atoms with Crippen LogP contribution < -0.4 is 10.6 Å². The van der Waals surface area contributed by atoms with Crippen molar-refractivity contribution in [2.24, 2.45) is 0 Å². The second-order valence-electron chi connectivity index (χ2n) is 7.25. The van der Waals surface area contributed by atoms with Gasteiger partial charge < -0.3 is 10.6 Å². The first-order chi connectivity index (χ1) is 15.8. The van der Waals surface area contributed by atoms with Gasteiger partial charge in [-0.2, -0.15) is 9.40 Å². The Morgan fingerprint density at radius 2 is 1.76 bits per heavy atom. The third-order valence-corrected chi connectivity index (χ3v) is 7.05. The zero-order valence-electron chi connectivity index (χ0n) is 18.6. The lowest BCUT2D eigenvalue weighted by Gasteiger charge is -2.18. The van der Waals surface area contributed by atoms with E-state index in [1.807, 2.05) is 6.07 Å². The molecular weight excluding hydrogens is 442 g/mol. The first-order valence-electron chi connectivity index (χ1n) is 10.6. The quantitative estimate of drug-likeness (QED) is 0.474. The molecule has 0 atom stereocenters. The molecule has 0 radical (unpaired) electrons. The number of carbonyl (C=O) groups is 2. The predicted octanol–water partition coefficient (Wildman–Crippen LogP) is 2.48. The second kappa shape index (κ2) is 10.9. The molecule has 0 aliphatic carbocycles. The van der Waals surface area contributed by atoms with Crippen molar-refractivity contribution in [2.75, 3.05) is 18.4 Å². The molecule has 3 rings (SSSR count). The Morgan fingerprint density at radius 1 is 1.03 bits per heavy atom. The summed E-state index contributed by atoms with van der Waals surface area (Å²) >= 11 is 0. The van der Waals surface area contributed by atoms with Crippen molar-refractivity contribution in [3.8, 4) is 0 Å². The average Bonchev–Trinajstić information content (AvgIpc) is 3.31. The van der Waals surface area contributed by atoms with Crippen LogP contribution in [0.25, 0.3) is 0 Å². The van der Waals surface area contributed by atoms with Crippen molar-refractivity contribution in [3.63, 3.8) is 0 Å². The molecular formula is C23H27N5O4S. The minimum atomic E-state index is -3.57. The number of rotatable bonds is 10. The Kier molecular flexibility index (Phi) is 7.96. The Labute approximate surface area is 193 Å². The van der Waals surface area contributed by atoms with Crippen LogP contribution in [0, 0.1) is 0 Å². The van der Waals surface area contributed by atoms with E-state index in [1.165, 1.54) is 33.3 Å². The number of amides is 2. The minimum Gasteiger partial charge on any atom is -0.348 e. The highest BCUT2D eigenvalue weighted by Crippen LogP contribution is 2.16. The first kappa shape index (κ1) is 24.1. The van der Waals surface area contributed by atoms with E-state index in [4.69, 9.17) is 0 Å². The van der Waals surface area contributed by atoms with Gasteiger partial charge in [0.25, 0.3) is 5.91 Å². The Balaban J connectivity index is 1.58. The van der Waals surface area contributed by atoms with Crippen molar-refractivity contribution in [1.29, 1.82) is 0 Å². The van der Waals surface area contributed by atoms with Gasteiger partial charge >= 0.3 is 0 Å². The summed E-state index contributed by atoms with van der Waals surface area (Å²) in [6.45, 7) is 4.67. The van der Waals surface area contributed by atoms with Crippen LogP contribution in [-0.2, 0) is 27.9 Å². The number of carbonyl (C=O) groups excluding carboxylic acids is 2. The molecule has 0 saturated heterocycles. The molecule has 2 aromatic carbocycles. The smallest absolute Gasteiger partial charge is 0.251 e. The molecule has 2 amide bonds. The Bertz CT molecular complexity index is 1190. The maximum atomic E-state index is 12.6. The van der Waals surface area contributed by atoms with Crippen LogP contribution >= 0.6 is 0 Å². The summed E-state index contributed by atoms with van der Waals surface area (Å²) < 4.78 is 28.0. The number of sulfonamides is 1. The fraction of sp³-hybridized carbons (Fsp3) is 0.261. The van der Waals surface area contributed by atoms with Crippen LogP contribution in [0.5, 0.6) is 0 Å². The molecule has 0 aliphatic rings. The lowest BCUT2D eigenvalue weighted by molar-refractivity contribution is -0.116. The first-order valence-corrected chi connectivity index (χ1v) is 12.0. The summed E-state index contributed by atoms with van der Waals surface area (Å²) in [5.41, 5.74) is 1.78. The average molecular weight is 470 g/mol. The van der Waals surface area contributed by atoms with Gasteiger partial charge in [0.2, 0.25) is 15.9 Å². The number of nitrogens with zero attached hydrogens (tertiary/aromatic N) is 3. The van der Waals surface area contributed by atoms with Crippen LogP contribution in [0.4, 0.5) is 5.69 Å². The van der Waals surface area contributed by atoms with Crippen molar-refractivity contribution >= 4 is 27.5 Å². The fourth-order valence-corrected chi connectivity index (χ4v) is 4.73. The molecule has 0 unspecified atom stereocenters. The Morgan fingerprint density at radius 3 is 2.39 bits per heavy atom. The molecule has 1 aromatic heterocycles. The van der Waals surface area contributed by atoms with Gasteiger partial charge in [-0.25, -0.2) is 8.42 Å². The van der Waals surface area contributed by atoms with Crippen LogP contribution in [-0.4, -0.2) is 47.4 Å². The molecule has 0 spiro atoms. The largest absolute Gasteiger partial charge is 0.348 e. The number of benzene rings is 2. The van der Waals surface area contributed by atoms with Crippen LogP contribution in [0.15, 0.2) is 71.9 Å². The van der Waals surface area contributed by atoms with E-state index in [9.17, 15) is 18.0 Å². The van der Waals surface area contributed by atoms with Gasteiger partial charge in [0, 0.05) is 43.3 Å². The minimum absolute atomic E-state index is 0.105. The normalized spacial score (nSPS) is 11.4. The van der Waals surface area contributed by atoms with Gasteiger partial charge in [-0.3, -0.25) is 14.3 Å². The lowest BCUT2D eigenvalue weighted by atomic mass is 10.1. The van der Waals surface area contributed by atoms with Gasteiger partial charge in [-0.1, -0.05) is 26.0 Å². The molecule has 0 saturated carbocycles. The molecule has 0 aliphatic heterocycles. The topological polar surface area (TPSA) is 113 Å². The highest BCUT2D eigenvalue weighted by molar-refractivity contribution is 7.89. The van der Waals surface area contributed by atoms with Crippen molar-refractivity contribution in [2.45, 2.75) is 31.8 Å². The summed E-state index contributed by atoms with van der Waals surface area (Å²) in [6, 6.07) is 14.8. The number of hydrogen-bond acceptors (Lipinski definition) is 5. The summed E-state index contributed by atoms with van der Waals surface area (Å²) in [7, 11) is -3.57. The van der Waals surface area contributed by atoms with E-state index in [1.54, 1.807) is 50.5 Å². The third kappa shape index (κ3) is 6.27. The third-order valence-electron chi connectivity index (χ3n) is 4.99. The number of nitrogens with one attached hydrogen (secondary N) is 2. The lowest BCUT2D eigenvalue weighted by Crippen LogP contribution is -2.30. The van der Waals surface area contributed by atoms with Gasteiger partial charge in [0.1, 0.15) is 6.54 Å². The molecule has 2 N–H and O–H groups in total. The molecule has 9 nitrogen and oxygen atoms in total. The maximum absolute atomic E-state index is 12.6. The van der Waals surface area contributed by atoms with E-state index < -0.39 is 10.0 Å².